The lowest BCUT2D eigenvalue weighted by atomic mass is 10.5. The zero-order valence-electron chi connectivity index (χ0n) is 6.46. The van der Waals surface area contributed by atoms with Gasteiger partial charge in [0.2, 0.25) is 7.37 Å². The van der Waals surface area contributed by atoms with Crippen LogP contribution >= 0.6 is 7.37 Å². The van der Waals surface area contributed by atoms with Crippen molar-refractivity contribution in [1.29, 1.82) is 0 Å². The summed E-state index contributed by atoms with van der Waals surface area (Å²) in [6.07, 6.45) is 0. The van der Waals surface area contributed by atoms with Crippen LogP contribution in [-0.4, -0.2) is 16.2 Å². The summed E-state index contributed by atoms with van der Waals surface area (Å²) in [5.41, 5.74) is -0.199. The molecule has 0 radical (unpaired) electrons. The molecule has 3 heteroatoms. The molecule has 0 aliphatic heterocycles. The fourth-order valence-corrected chi connectivity index (χ4v) is 1.79. The van der Waals surface area contributed by atoms with Crippen LogP contribution in [0.2, 0.25) is 0 Å². The van der Waals surface area contributed by atoms with Crippen molar-refractivity contribution in [3.8, 4) is 0 Å². The Balaban J connectivity index is 4.21. The van der Waals surface area contributed by atoms with E-state index in [0.717, 1.165) is 0 Å². The van der Waals surface area contributed by atoms with Gasteiger partial charge in [-0.15, -0.1) is 0 Å². The topological polar surface area (TPSA) is 37.3 Å². The highest BCUT2D eigenvalue weighted by molar-refractivity contribution is 7.59. The zero-order valence-corrected chi connectivity index (χ0v) is 7.35. The molecule has 2 nitrogen and oxygen atoms in total. The van der Waals surface area contributed by atoms with Crippen molar-refractivity contribution in [3.05, 3.63) is 0 Å². The van der Waals surface area contributed by atoms with Crippen LogP contribution in [0.1, 0.15) is 27.7 Å². The average molecular weight is 150 g/mol. The first-order valence-corrected chi connectivity index (χ1v) is 5.01. The Kier molecular flexibility index (Phi) is 2.91. The Labute approximate surface area is 56.7 Å². The molecule has 0 saturated heterocycles. The summed E-state index contributed by atoms with van der Waals surface area (Å²) < 4.78 is 11.2. The van der Waals surface area contributed by atoms with Crippen molar-refractivity contribution in [2.24, 2.45) is 0 Å². The van der Waals surface area contributed by atoms with Gasteiger partial charge >= 0.3 is 0 Å². The molecule has 56 valence electrons. The van der Waals surface area contributed by atoms with Crippen molar-refractivity contribution in [1.82, 2.24) is 0 Å². The fourth-order valence-electron chi connectivity index (χ4n) is 0.596. The summed E-state index contributed by atoms with van der Waals surface area (Å²) in [6.45, 7) is 7.11. The monoisotopic (exact) mass is 150 g/mol. The van der Waals surface area contributed by atoms with Crippen molar-refractivity contribution in [2.45, 2.75) is 39.0 Å². The molecule has 0 heterocycles. The van der Waals surface area contributed by atoms with Gasteiger partial charge in [0, 0.05) is 11.3 Å². The highest BCUT2D eigenvalue weighted by Crippen LogP contribution is 2.50. The van der Waals surface area contributed by atoms with Crippen LogP contribution in [0.25, 0.3) is 0 Å². The summed E-state index contributed by atoms with van der Waals surface area (Å²) in [4.78, 5) is 9.22. The first-order valence-electron chi connectivity index (χ1n) is 3.21. The van der Waals surface area contributed by atoms with Gasteiger partial charge in [0.05, 0.1) is 0 Å². The molecular formula is C6H15O2P. The van der Waals surface area contributed by atoms with Crippen molar-refractivity contribution >= 4 is 7.37 Å². The van der Waals surface area contributed by atoms with Gasteiger partial charge in [-0.1, -0.05) is 27.7 Å². The van der Waals surface area contributed by atoms with Gasteiger partial charge in [0.1, 0.15) is 0 Å². The lowest BCUT2D eigenvalue weighted by Crippen LogP contribution is -2.06. The molecule has 0 spiro atoms. The summed E-state index contributed by atoms with van der Waals surface area (Å²) in [7, 11) is -2.84. The third kappa shape index (κ3) is 2.11. The SMILES string of the molecule is CC(C)P(=O)(O)C(C)C. The van der Waals surface area contributed by atoms with Gasteiger partial charge < -0.3 is 4.89 Å². The zero-order chi connectivity index (χ0) is 7.65. The van der Waals surface area contributed by atoms with E-state index in [2.05, 4.69) is 0 Å². The number of hydrogen-bond donors (Lipinski definition) is 1. The predicted molar refractivity (Wildman–Crippen MR) is 40.1 cm³/mol. The molecule has 0 rings (SSSR count). The van der Waals surface area contributed by atoms with E-state index in [1.165, 1.54) is 0 Å². The van der Waals surface area contributed by atoms with Crippen molar-refractivity contribution in [2.75, 3.05) is 0 Å². The minimum absolute atomic E-state index is 0.0995. The standard InChI is InChI=1S/C6H15O2P/c1-5(2)9(7,8)6(3)4/h5-6H,1-4H3,(H,7,8). The minimum atomic E-state index is -2.84. The molecular weight excluding hydrogens is 135 g/mol. The maximum absolute atomic E-state index is 11.2. The molecule has 0 fully saturated rings. The second-order valence-electron chi connectivity index (χ2n) is 2.86. The van der Waals surface area contributed by atoms with Crippen LogP contribution < -0.4 is 0 Å². The maximum Gasteiger partial charge on any atom is 0.205 e. The highest BCUT2D eigenvalue weighted by Gasteiger charge is 2.26. The van der Waals surface area contributed by atoms with Crippen LogP contribution in [0.4, 0.5) is 0 Å². The molecule has 0 aromatic rings. The fraction of sp³-hybridized carbons (Fsp3) is 1.00. The molecule has 0 aromatic heterocycles. The normalized spacial score (nSPS) is 13.2. The van der Waals surface area contributed by atoms with Crippen LogP contribution in [-0.2, 0) is 4.57 Å². The van der Waals surface area contributed by atoms with Crippen LogP contribution in [0, 0.1) is 0 Å². The summed E-state index contributed by atoms with van der Waals surface area (Å²) in [5, 5.41) is 0. The highest BCUT2D eigenvalue weighted by atomic mass is 31.2. The third-order valence-corrected chi connectivity index (χ3v) is 4.44. The van der Waals surface area contributed by atoms with E-state index in [1.54, 1.807) is 27.7 Å². The summed E-state index contributed by atoms with van der Waals surface area (Å²) in [6, 6.07) is 0. The first-order chi connectivity index (χ1) is 3.89. The molecule has 0 amide bonds. The third-order valence-electron chi connectivity index (χ3n) is 1.48. The maximum atomic E-state index is 11.2. The Bertz CT molecular complexity index is 117. The van der Waals surface area contributed by atoms with Gasteiger partial charge in [-0.25, -0.2) is 0 Å². The predicted octanol–water partition coefficient (Wildman–Crippen LogP) is 2.07. The average Bonchev–Trinajstić information content (AvgIpc) is 1.65. The van der Waals surface area contributed by atoms with Crippen LogP contribution in [0.15, 0.2) is 0 Å². The van der Waals surface area contributed by atoms with Gasteiger partial charge in [-0.05, 0) is 0 Å². The largest absolute Gasteiger partial charge is 0.344 e. The van der Waals surface area contributed by atoms with E-state index in [4.69, 9.17) is 0 Å². The van der Waals surface area contributed by atoms with E-state index in [1.807, 2.05) is 0 Å². The molecule has 0 bridgehead atoms. The first kappa shape index (κ1) is 9.19. The molecule has 0 aliphatic carbocycles. The van der Waals surface area contributed by atoms with Crippen molar-refractivity contribution < 1.29 is 9.46 Å². The molecule has 0 aromatic carbocycles. The van der Waals surface area contributed by atoms with E-state index in [0.29, 0.717) is 0 Å². The lowest BCUT2D eigenvalue weighted by Gasteiger charge is -2.18. The smallest absolute Gasteiger partial charge is 0.205 e. The van der Waals surface area contributed by atoms with Gasteiger partial charge in [0.25, 0.3) is 0 Å². The number of rotatable bonds is 2. The quantitative estimate of drug-likeness (QED) is 0.612. The summed E-state index contributed by atoms with van der Waals surface area (Å²) in [5.74, 6) is 0. The molecule has 9 heavy (non-hydrogen) atoms. The second kappa shape index (κ2) is 2.85. The Morgan fingerprint density at radius 1 is 1.11 bits per heavy atom. The van der Waals surface area contributed by atoms with E-state index in [-0.39, 0.29) is 11.3 Å². The Morgan fingerprint density at radius 3 is 1.33 bits per heavy atom. The van der Waals surface area contributed by atoms with E-state index >= 15 is 0 Å². The molecule has 1 N–H and O–H groups in total. The Hall–Kier alpha value is 0.190. The van der Waals surface area contributed by atoms with Crippen LogP contribution in [0.3, 0.4) is 0 Å². The number of hydrogen-bond acceptors (Lipinski definition) is 1. The molecule has 0 atom stereocenters. The lowest BCUT2D eigenvalue weighted by molar-refractivity contribution is 0.459. The molecule has 0 unspecified atom stereocenters. The minimum Gasteiger partial charge on any atom is -0.344 e. The second-order valence-corrected chi connectivity index (χ2v) is 6.27. The summed E-state index contributed by atoms with van der Waals surface area (Å²) >= 11 is 0. The van der Waals surface area contributed by atoms with Crippen LogP contribution in [0.5, 0.6) is 0 Å². The molecule has 0 aliphatic rings. The van der Waals surface area contributed by atoms with Gasteiger partial charge in [0.15, 0.2) is 0 Å². The van der Waals surface area contributed by atoms with Crippen molar-refractivity contribution in [3.63, 3.8) is 0 Å². The van der Waals surface area contributed by atoms with E-state index in [9.17, 15) is 9.46 Å². The Morgan fingerprint density at radius 2 is 1.33 bits per heavy atom. The van der Waals surface area contributed by atoms with Gasteiger partial charge in [-0.3, -0.25) is 4.57 Å². The van der Waals surface area contributed by atoms with Gasteiger partial charge in [-0.2, -0.15) is 0 Å². The van der Waals surface area contributed by atoms with E-state index < -0.39 is 7.37 Å². The molecule has 0 saturated carbocycles.